The quantitative estimate of drug-likeness (QED) is 0.535. The Balaban J connectivity index is 2.52. The van der Waals surface area contributed by atoms with Crippen LogP contribution >= 0.6 is 0 Å². The highest BCUT2D eigenvalue weighted by Crippen LogP contribution is 2.19. The number of rotatable bonds is 4. The van der Waals surface area contributed by atoms with E-state index >= 15 is 0 Å². The second-order valence-electron chi connectivity index (χ2n) is 4.60. The number of hydrogen-bond acceptors (Lipinski definition) is 4. The van der Waals surface area contributed by atoms with E-state index in [4.69, 9.17) is 5.73 Å². The number of carbonyl (C=O) groups excluding carboxylic acids is 2. The van der Waals surface area contributed by atoms with Gasteiger partial charge in [-0.3, -0.25) is 9.59 Å². The third-order valence-electron chi connectivity index (χ3n) is 2.51. The molecule has 0 atom stereocenters. The number of nitrogens with zero attached hydrogens (tertiary/aromatic N) is 1. The first-order valence-electron chi connectivity index (χ1n) is 6.00. The van der Waals surface area contributed by atoms with E-state index in [2.05, 4.69) is 10.6 Å². The number of nitrogen functional groups attached to an aromatic ring is 1. The molecule has 0 heterocycles. The van der Waals surface area contributed by atoms with Crippen LogP contribution in [-0.2, 0) is 9.59 Å². The molecule has 0 unspecified atom stereocenters. The molecule has 0 spiro atoms. The number of hydrogen-bond donors (Lipinski definition) is 3. The molecule has 0 radical (unpaired) electrons. The molecule has 104 valence electrons. The number of nitrogens with two attached hydrogens (primary N) is 1. The summed E-state index contributed by atoms with van der Waals surface area (Å²) < 4.78 is 0. The lowest BCUT2D eigenvalue weighted by Gasteiger charge is -2.11. The van der Waals surface area contributed by atoms with Gasteiger partial charge in [0.25, 0.3) is 0 Å². The first-order chi connectivity index (χ1) is 8.90. The number of nitrogens with one attached hydrogen (secondary N) is 2. The van der Waals surface area contributed by atoms with Crippen molar-refractivity contribution < 1.29 is 9.59 Å². The Hall–Kier alpha value is -2.08. The summed E-state index contributed by atoms with van der Waals surface area (Å²) in [5, 5.41) is 5.02. The maximum absolute atomic E-state index is 11.6. The third-order valence-corrected chi connectivity index (χ3v) is 2.51. The third kappa shape index (κ3) is 4.97. The van der Waals surface area contributed by atoms with Crippen LogP contribution in [0.2, 0.25) is 0 Å². The topological polar surface area (TPSA) is 87.5 Å². The molecule has 19 heavy (non-hydrogen) atoms. The van der Waals surface area contributed by atoms with E-state index in [1.807, 2.05) is 32.0 Å². The van der Waals surface area contributed by atoms with Crippen molar-refractivity contribution >= 4 is 23.2 Å². The standard InChI is InChI=1S/C13H20N4O2/c1-9-4-5-11(10(14)8-9)16-13(19)12(18)15-6-7-17(2)3/h4-5,8H,6-7,14H2,1-3H3,(H,15,18)(H,16,19). The van der Waals surface area contributed by atoms with Crippen molar-refractivity contribution in [2.24, 2.45) is 0 Å². The molecule has 0 aliphatic rings. The molecule has 6 nitrogen and oxygen atoms in total. The molecule has 0 fully saturated rings. The molecule has 1 rings (SSSR count). The first kappa shape index (κ1) is 15.0. The number of anilines is 2. The van der Waals surface area contributed by atoms with E-state index in [0.29, 0.717) is 24.5 Å². The zero-order valence-electron chi connectivity index (χ0n) is 11.5. The molecule has 0 bridgehead atoms. The second-order valence-corrected chi connectivity index (χ2v) is 4.60. The highest BCUT2D eigenvalue weighted by Gasteiger charge is 2.14. The Morgan fingerprint density at radius 1 is 1.26 bits per heavy atom. The molecule has 0 aliphatic heterocycles. The summed E-state index contributed by atoms with van der Waals surface area (Å²) in [5.74, 6) is -1.38. The smallest absolute Gasteiger partial charge is 0.313 e. The van der Waals surface area contributed by atoms with Crippen molar-refractivity contribution in [2.45, 2.75) is 6.92 Å². The maximum Gasteiger partial charge on any atom is 0.313 e. The maximum atomic E-state index is 11.6. The lowest BCUT2D eigenvalue weighted by atomic mass is 10.2. The van der Waals surface area contributed by atoms with E-state index in [0.717, 1.165) is 5.56 Å². The van der Waals surface area contributed by atoms with Gasteiger partial charge in [-0.2, -0.15) is 0 Å². The van der Waals surface area contributed by atoms with Crippen LogP contribution in [0, 0.1) is 6.92 Å². The molecule has 0 aromatic heterocycles. The number of amides is 2. The summed E-state index contributed by atoms with van der Waals surface area (Å²) in [5.41, 5.74) is 7.63. The molecular formula is C13H20N4O2. The van der Waals surface area contributed by atoms with Gasteiger partial charge in [-0.25, -0.2) is 0 Å². The average molecular weight is 264 g/mol. The Morgan fingerprint density at radius 2 is 1.95 bits per heavy atom. The lowest BCUT2D eigenvalue weighted by Crippen LogP contribution is -2.38. The van der Waals surface area contributed by atoms with E-state index in [9.17, 15) is 9.59 Å². The highest BCUT2D eigenvalue weighted by molar-refractivity contribution is 6.39. The number of carbonyl (C=O) groups is 2. The minimum atomic E-state index is -0.714. The summed E-state index contributed by atoms with van der Waals surface area (Å²) in [7, 11) is 3.78. The zero-order valence-corrected chi connectivity index (χ0v) is 11.5. The van der Waals surface area contributed by atoms with Crippen LogP contribution in [0.4, 0.5) is 11.4 Å². The van der Waals surface area contributed by atoms with Crippen LogP contribution in [0.25, 0.3) is 0 Å². The molecule has 0 saturated carbocycles. The first-order valence-corrected chi connectivity index (χ1v) is 6.00. The minimum Gasteiger partial charge on any atom is -0.397 e. The van der Waals surface area contributed by atoms with Crippen LogP contribution in [-0.4, -0.2) is 43.9 Å². The van der Waals surface area contributed by atoms with Gasteiger partial charge in [0.1, 0.15) is 0 Å². The van der Waals surface area contributed by atoms with Crippen molar-refractivity contribution in [3.05, 3.63) is 23.8 Å². The zero-order chi connectivity index (χ0) is 14.4. The van der Waals surface area contributed by atoms with Crippen LogP contribution in [0.1, 0.15) is 5.56 Å². The second kappa shape index (κ2) is 6.75. The predicted octanol–water partition coefficient (Wildman–Crippen LogP) is 0.194. The van der Waals surface area contributed by atoms with Crippen molar-refractivity contribution in [1.82, 2.24) is 10.2 Å². The van der Waals surface area contributed by atoms with Gasteiger partial charge >= 0.3 is 11.8 Å². The van der Waals surface area contributed by atoms with Crippen LogP contribution in [0.15, 0.2) is 18.2 Å². The summed E-state index contributed by atoms with van der Waals surface area (Å²) in [6, 6.07) is 5.23. The highest BCUT2D eigenvalue weighted by atomic mass is 16.2. The minimum absolute atomic E-state index is 0.419. The fourth-order valence-corrected chi connectivity index (χ4v) is 1.45. The average Bonchev–Trinajstić information content (AvgIpc) is 2.32. The Kier molecular flexibility index (Phi) is 5.32. The number of likely N-dealkylation sites (N-methyl/N-ethyl adjacent to an activating group) is 1. The van der Waals surface area contributed by atoms with Crippen molar-refractivity contribution in [3.8, 4) is 0 Å². The van der Waals surface area contributed by atoms with Gasteiger partial charge in [0.05, 0.1) is 11.4 Å². The summed E-state index contributed by atoms with van der Waals surface area (Å²) >= 11 is 0. The summed E-state index contributed by atoms with van der Waals surface area (Å²) in [4.78, 5) is 25.1. The van der Waals surface area contributed by atoms with Gasteiger partial charge in [-0.1, -0.05) is 6.07 Å². The molecule has 6 heteroatoms. The normalized spacial score (nSPS) is 10.3. The van der Waals surface area contributed by atoms with Crippen LogP contribution < -0.4 is 16.4 Å². The van der Waals surface area contributed by atoms with Crippen LogP contribution in [0.5, 0.6) is 0 Å². The SMILES string of the molecule is Cc1ccc(NC(=O)C(=O)NCCN(C)C)c(N)c1. The van der Waals surface area contributed by atoms with Gasteiger partial charge in [-0.05, 0) is 38.7 Å². The van der Waals surface area contributed by atoms with Gasteiger partial charge in [0.2, 0.25) is 0 Å². The fourth-order valence-electron chi connectivity index (χ4n) is 1.45. The van der Waals surface area contributed by atoms with Gasteiger partial charge in [0, 0.05) is 13.1 Å². The Bertz CT molecular complexity index is 472. The lowest BCUT2D eigenvalue weighted by molar-refractivity contribution is -0.136. The van der Waals surface area contributed by atoms with E-state index in [1.165, 1.54) is 0 Å². The molecule has 2 amide bonds. The molecule has 1 aromatic carbocycles. The Morgan fingerprint density at radius 3 is 2.53 bits per heavy atom. The largest absolute Gasteiger partial charge is 0.397 e. The summed E-state index contributed by atoms with van der Waals surface area (Å²) in [6.45, 7) is 2.99. The molecule has 0 aliphatic carbocycles. The van der Waals surface area contributed by atoms with E-state index < -0.39 is 11.8 Å². The van der Waals surface area contributed by atoms with Gasteiger partial charge < -0.3 is 21.3 Å². The van der Waals surface area contributed by atoms with Gasteiger partial charge in [0.15, 0.2) is 0 Å². The van der Waals surface area contributed by atoms with E-state index in [-0.39, 0.29) is 0 Å². The Labute approximate surface area is 113 Å². The number of aryl methyl sites for hydroxylation is 1. The molecule has 0 saturated heterocycles. The number of benzene rings is 1. The molecule has 1 aromatic rings. The monoisotopic (exact) mass is 264 g/mol. The van der Waals surface area contributed by atoms with Crippen molar-refractivity contribution in [3.63, 3.8) is 0 Å². The van der Waals surface area contributed by atoms with E-state index in [1.54, 1.807) is 12.1 Å². The van der Waals surface area contributed by atoms with Crippen molar-refractivity contribution in [2.75, 3.05) is 38.2 Å². The fraction of sp³-hybridized carbons (Fsp3) is 0.385. The van der Waals surface area contributed by atoms with Crippen molar-refractivity contribution in [1.29, 1.82) is 0 Å². The van der Waals surface area contributed by atoms with Crippen LogP contribution in [0.3, 0.4) is 0 Å². The predicted molar refractivity (Wildman–Crippen MR) is 75.8 cm³/mol. The van der Waals surface area contributed by atoms with Gasteiger partial charge in [-0.15, -0.1) is 0 Å². The molecule has 4 N–H and O–H groups in total. The molecular weight excluding hydrogens is 244 g/mol. The summed E-state index contributed by atoms with van der Waals surface area (Å²) in [6.07, 6.45) is 0.